The van der Waals surface area contributed by atoms with Crippen LogP contribution in [0.25, 0.3) is 10.9 Å². The first-order valence-electron chi connectivity index (χ1n) is 9.20. The third kappa shape index (κ3) is 3.66. The van der Waals surface area contributed by atoms with Crippen molar-refractivity contribution in [3.05, 3.63) is 48.2 Å². The molecule has 1 aliphatic heterocycles. The van der Waals surface area contributed by atoms with E-state index in [4.69, 9.17) is 4.74 Å². The quantitative estimate of drug-likeness (QED) is 0.555. The average molecular weight is 415 g/mol. The fourth-order valence-corrected chi connectivity index (χ4v) is 4.94. The number of sulfonamides is 1. The minimum absolute atomic E-state index is 0.0338. The van der Waals surface area contributed by atoms with Gasteiger partial charge in [0.25, 0.3) is 5.91 Å². The largest absolute Gasteiger partial charge is 0.506 e. The molecular formula is C20H21N3O5S. The first kappa shape index (κ1) is 19.3. The summed E-state index contributed by atoms with van der Waals surface area (Å²) < 4.78 is 32.1. The molecule has 4 rings (SSSR count). The van der Waals surface area contributed by atoms with Crippen LogP contribution < -0.4 is 10.1 Å². The van der Waals surface area contributed by atoms with Gasteiger partial charge in [-0.3, -0.25) is 4.79 Å². The van der Waals surface area contributed by atoms with Gasteiger partial charge in [0, 0.05) is 30.1 Å². The van der Waals surface area contributed by atoms with E-state index in [0.29, 0.717) is 18.8 Å². The van der Waals surface area contributed by atoms with Crippen molar-refractivity contribution in [2.45, 2.75) is 17.7 Å². The van der Waals surface area contributed by atoms with Crippen molar-refractivity contribution in [1.82, 2.24) is 9.29 Å². The van der Waals surface area contributed by atoms with Crippen molar-refractivity contribution in [1.29, 1.82) is 0 Å². The number of H-pyrrole nitrogens is 1. The molecular weight excluding hydrogens is 394 g/mol. The van der Waals surface area contributed by atoms with Crippen LogP contribution in [0.3, 0.4) is 0 Å². The van der Waals surface area contributed by atoms with E-state index in [9.17, 15) is 18.3 Å². The van der Waals surface area contributed by atoms with Gasteiger partial charge in [-0.1, -0.05) is 0 Å². The summed E-state index contributed by atoms with van der Waals surface area (Å²) in [7, 11) is -2.10. The molecule has 1 aromatic heterocycles. The number of phenols is 1. The lowest BCUT2D eigenvalue weighted by Gasteiger charge is -2.16. The molecule has 3 aromatic rings. The third-order valence-electron chi connectivity index (χ3n) is 4.99. The Labute approximate surface area is 168 Å². The maximum atomic E-state index is 12.7. The van der Waals surface area contributed by atoms with E-state index in [1.54, 1.807) is 25.3 Å². The SMILES string of the molecule is COc1ccc2cc(C(=O)Nc3cc(S(=O)(=O)N4CCCC4)ccc3O)[nH]c2c1. The van der Waals surface area contributed by atoms with Gasteiger partial charge in [0.2, 0.25) is 10.0 Å². The molecule has 2 heterocycles. The summed E-state index contributed by atoms with van der Waals surface area (Å²) in [6, 6.07) is 11.0. The Balaban J connectivity index is 1.61. The van der Waals surface area contributed by atoms with Gasteiger partial charge < -0.3 is 20.1 Å². The molecule has 0 unspecified atom stereocenters. The lowest BCUT2D eigenvalue weighted by molar-refractivity contribution is 0.102. The van der Waals surface area contributed by atoms with E-state index in [1.807, 2.05) is 6.07 Å². The van der Waals surface area contributed by atoms with Crippen LogP contribution in [0, 0.1) is 0 Å². The highest BCUT2D eigenvalue weighted by Crippen LogP contribution is 2.30. The second kappa shape index (κ2) is 7.41. The number of fused-ring (bicyclic) bond motifs is 1. The number of nitrogens with one attached hydrogen (secondary N) is 2. The summed E-state index contributed by atoms with van der Waals surface area (Å²) in [6.45, 7) is 0.951. The summed E-state index contributed by atoms with van der Waals surface area (Å²) in [6.07, 6.45) is 1.65. The Bertz CT molecular complexity index is 1180. The molecule has 0 atom stereocenters. The Morgan fingerprint density at radius 2 is 1.90 bits per heavy atom. The van der Waals surface area contributed by atoms with Crippen LogP contribution in [-0.2, 0) is 10.0 Å². The van der Waals surface area contributed by atoms with Crippen molar-refractivity contribution in [2.75, 3.05) is 25.5 Å². The van der Waals surface area contributed by atoms with E-state index < -0.39 is 15.9 Å². The number of amides is 1. The molecule has 1 amide bonds. The number of ether oxygens (including phenoxy) is 1. The number of aromatic hydroxyl groups is 1. The summed E-state index contributed by atoms with van der Waals surface area (Å²) in [4.78, 5) is 15.7. The number of phenolic OH excluding ortho intramolecular Hbond substituents is 1. The molecule has 9 heteroatoms. The monoisotopic (exact) mass is 415 g/mol. The molecule has 152 valence electrons. The molecule has 0 radical (unpaired) electrons. The van der Waals surface area contributed by atoms with Crippen LogP contribution in [0.2, 0.25) is 0 Å². The minimum atomic E-state index is -3.66. The predicted molar refractivity (Wildman–Crippen MR) is 109 cm³/mol. The van der Waals surface area contributed by atoms with Gasteiger partial charge in [0.15, 0.2) is 0 Å². The Morgan fingerprint density at radius 3 is 2.62 bits per heavy atom. The molecule has 1 aliphatic rings. The lowest BCUT2D eigenvalue weighted by atomic mass is 10.2. The van der Waals surface area contributed by atoms with Crippen molar-refractivity contribution in [2.24, 2.45) is 0 Å². The van der Waals surface area contributed by atoms with Crippen molar-refractivity contribution in [3.63, 3.8) is 0 Å². The summed E-state index contributed by atoms with van der Waals surface area (Å²) in [5.41, 5.74) is 1.04. The number of aromatic amines is 1. The highest BCUT2D eigenvalue weighted by Gasteiger charge is 2.28. The Hall–Kier alpha value is -3.04. The number of rotatable bonds is 5. The predicted octanol–water partition coefficient (Wildman–Crippen LogP) is 2.92. The number of methoxy groups -OCH3 is 1. The van der Waals surface area contributed by atoms with Crippen LogP contribution in [-0.4, -0.2) is 48.9 Å². The summed E-state index contributed by atoms with van der Waals surface area (Å²) in [5.74, 6) is -0.0496. The van der Waals surface area contributed by atoms with E-state index in [-0.39, 0.29) is 22.0 Å². The van der Waals surface area contributed by atoms with Gasteiger partial charge in [0.1, 0.15) is 17.2 Å². The van der Waals surface area contributed by atoms with E-state index in [2.05, 4.69) is 10.3 Å². The molecule has 1 fully saturated rings. The van der Waals surface area contributed by atoms with Crippen molar-refractivity contribution < 1.29 is 23.1 Å². The standard InChI is InChI=1S/C20H21N3O5S/c1-28-14-5-4-13-10-18(21-16(13)11-14)20(25)22-17-12-15(6-7-19(17)24)29(26,27)23-8-2-3-9-23/h4-7,10-12,21,24H,2-3,8-9H2,1H3,(H,22,25). The summed E-state index contributed by atoms with van der Waals surface area (Å²) >= 11 is 0. The summed E-state index contributed by atoms with van der Waals surface area (Å²) in [5, 5.41) is 13.5. The molecule has 8 nitrogen and oxygen atoms in total. The molecule has 0 saturated carbocycles. The average Bonchev–Trinajstić information content (AvgIpc) is 3.39. The van der Waals surface area contributed by atoms with Gasteiger partial charge in [0.05, 0.1) is 17.7 Å². The van der Waals surface area contributed by atoms with Crippen LogP contribution in [0.1, 0.15) is 23.3 Å². The fraction of sp³-hybridized carbons (Fsp3) is 0.250. The number of nitrogens with zero attached hydrogens (tertiary/aromatic N) is 1. The van der Waals surface area contributed by atoms with E-state index >= 15 is 0 Å². The van der Waals surface area contributed by atoms with Gasteiger partial charge in [-0.2, -0.15) is 4.31 Å². The van der Waals surface area contributed by atoms with Gasteiger partial charge in [-0.25, -0.2) is 8.42 Å². The number of hydrogen-bond acceptors (Lipinski definition) is 5. The lowest BCUT2D eigenvalue weighted by Crippen LogP contribution is -2.28. The number of aromatic nitrogens is 1. The minimum Gasteiger partial charge on any atom is -0.506 e. The van der Waals surface area contributed by atoms with Gasteiger partial charge in [-0.15, -0.1) is 0 Å². The zero-order chi connectivity index (χ0) is 20.6. The smallest absolute Gasteiger partial charge is 0.272 e. The number of carbonyl (C=O) groups is 1. The van der Waals surface area contributed by atoms with Gasteiger partial charge in [-0.05, 0) is 49.2 Å². The zero-order valence-corrected chi connectivity index (χ0v) is 16.6. The van der Waals surface area contributed by atoms with Crippen molar-refractivity contribution in [3.8, 4) is 11.5 Å². The van der Waals surface area contributed by atoms with Crippen LogP contribution >= 0.6 is 0 Å². The first-order valence-corrected chi connectivity index (χ1v) is 10.6. The molecule has 1 saturated heterocycles. The van der Waals surface area contributed by atoms with E-state index in [0.717, 1.165) is 23.7 Å². The highest BCUT2D eigenvalue weighted by molar-refractivity contribution is 7.89. The molecule has 2 aromatic carbocycles. The van der Waals surface area contributed by atoms with Crippen LogP contribution in [0.15, 0.2) is 47.4 Å². The molecule has 29 heavy (non-hydrogen) atoms. The fourth-order valence-electron chi connectivity index (χ4n) is 3.40. The van der Waals surface area contributed by atoms with Crippen molar-refractivity contribution >= 4 is 32.5 Å². The highest BCUT2D eigenvalue weighted by atomic mass is 32.2. The van der Waals surface area contributed by atoms with Crippen LogP contribution in [0.4, 0.5) is 5.69 Å². The third-order valence-corrected chi connectivity index (χ3v) is 6.89. The zero-order valence-electron chi connectivity index (χ0n) is 15.8. The topological polar surface area (TPSA) is 112 Å². The number of benzene rings is 2. The second-order valence-corrected chi connectivity index (χ2v) is 8.82. The molecule has 0 spiro atoms. The maximum Gasteiger partial charge on any atom is 0.272 e. The Morgan fingerprint density at radius 1 is 1.14 bits per heavy atom. The molecule has 0 bridgehead atoms. The molecule has 3 N–H and O–H groups in total. The number of hydrogen-bond donors (Lipinski definition) is 3. The maximum absolute atomic E-state index is 12.7. The van der Waals surface area contributed by atoms with Gasteiger partial charge >= 0.3 is 0 Å². The first-order chi connectivity index (χ1) is 13.9. The second-order valence-electron chi connectivity index (χ2n) is 6.88. The Kier molecular flexibility index (Phi) is 4.93. The normalized spacial score (nSPS) is 14.9. The number of carbonyl (C=O) groups excluding carboxylic acids is 1. The molecule has 0 aliphatic carbocycles. The number of anilines is 1. The van der Waals surface area contributed by atoms with Crippen LogP contribution in [0.5, 0.6) is 11.5 Å². The van der Waals surface area contributed by atoms with E-state index in [1.165, 1.54) is 22.5 Å².